The number of aromatic nitrogens is 1. The molecule has 0 spiro atoms. The molecule has 8 heteroatoms. The minimum atomic E-state index is -0.0308. The molecule has 3 aliphatic rings. The van der Waals surface area contributed by atoms with Gasteiger partial charge in [0.05, 0.1) is 5.56 Å². The number of carbonyl (C=O) groups is 1. The first-order valence-corrected chi connectivity index (χ1v) is 11.0. The van der Waals surface area contributed by atoms with E-state index in [2.05, 4.69) is 34.4 Å². The summed E-state index contributed by atoms with van der Waals surface area (Å²) in [4.78, 5) is 22.5. The van der Waals surface area contributed by atoms with Crippen molar-refractivity contribution in [2.75, 3.05) is 31.6 Å². The number of carbonyl (C=O) groups excluding carboxylic acids is 1. The molecule has 3 fully saturated rings. The number of hydrogen-bond donors (Lipinski definition) is 2. The predicted octanol–water partition coefficient (Wildman–Crippen LogP) is 2.79. The summed E-state index contributed by atoms with van der Waals surface area (Å²) in [5.74, 6) is -0.0308. The summed E-state index contributed by atoms with van der Waals surface area (Å²) in [6.07, 6.45) is 5.87. The lowest BCUT2D eigenvalue weighted by atomic mass is 9.82. The van der Waals surface area contributed by atoms with Crippen LogP contribution in [0.5, 0.6) is 0 Å². The highest BCUT2D eigenvalue weighted by molar-refractivity contribution is 6.04. The molecule has 0 aliphatic carbocycles. The Balaban J connectivity index is 0.00000218. The summed E-state index contributed by atoms with van der Waals surface area (Å²) >= 11 is 0. The second-order valence-electron chi connectivity index (χ2n) is 9.00. The van der Waals surface area contributed by atoms with Crippen molar-refractivity contribution in [3.05, 3.63) is 23.8 Å². The Kier molecular flexibility index (Phi) is 6.23. The van der Waals surface area contributed by atoms with Crippen LogP contribution in [0.25, 0.3) is 11.1 Å². The van der Waals surface area contributed by atoms with Crippen molar-refractivity contribution < 1.29 is 9.21 Å². The van der Waals surface area contributed by atoms with Crippen LogP contribution in [-0.2, 0) is 0 Å². The molecular weight excluding hydrogens is 402 g/mol. The maximum atomic E-state index is 13.1. The van der Waals surface area contributed by atoms with Crippen LogP contribution in [0.2, 0.25) is 0 Å². The van der Waals surface area contributed by atoms with E-state index in [1.54, 1.807) is 0 Å². The molecule has 1 aromatic heterocycles. The molecule has 2 N–H and O–H groups in total. The van der Waals surface area contributed by atoms with E-state index in [9.17, 15) is 4.79 Å². The van der Waals surface area contributed by atoms with Crippen LogP contribution in [0.3, 0.4) is 0 Å². The smallest absolute Gasteiger partial charge is 0.298 e. The Morgan fingerprint density at radius 3 is 2.77 bits per heavy atom. The van der Waals surface area contributed by atoms with Crippen LogP contribution in [0.1, 0.15) is 49.4 Å². The fraction of sp³-hybridized carbons (Fsp3) is 0.636. The minimum Gasteiger partial charge on any atom is -0.423 e. The zero-order valence-electron chi connectivity index (χ0n) is 17.8. The lowest BCUT2D eigenvalue weighted by molar-refractivity contribution is 0.0463. The van der Waals surface area contributed by atoms with E-state index < -0.39 is 0 Å². The first kappa shape index (κ1) is 21.4. The normalized spacial score (nSPS) is 29.5. The average molecular weight is 434 g/mol. The molecular formula is C22H32ClN5O2. The fourth-order valence-corrected chi connectivity index (χ4v) is 5.36. The van der Waals surface area contributed by atoms with Gasteiger partial charge in [0.2, 0.25) is 0 Å². The Bertz CT molecular complexity index is 889. The minimum absolute atomic E-state index is 0. The van der Waals surface area contributed by atoms with Gasteiger partial charge in [-0.2, -0.15) is 4.98 Å². The molecule has 3 unspecified atom stereocenters. The quantitative estimate of drug-likeness (QED) is 0.775. The Morgan fingerprint density at radius 1 is 1.27 bits per heavy atom. The first-order chi connectivity index (χ1) is 14.1. The number of oxazole rings is 1. The standard InChI is InChI=1S/C22H31N5O2.ClH/c1-14-13-27(10-9-23-14)22-25-20-18(7-4-8-19(20)29-22)21(28)24-15-11-16-5-3-6-17(12-15)26(16)2;/h4,7-8,14-17,23H,3,5-6,9-13H2,1-2H3,(H,24,28);1H. The average Bonchev–Trinajstić information content (AvgIpc) is 3.13. The largest absolute Gasteiger partial charge is 0.423 e. The summed E-state index contributed by atoms with van der Waals surface area (Å²) in [7, 11) is 2.24. The SMILES string of the molecule is CC1CN(c2nc3c(C(=O)NC4CC5CCCC(C4)N5C)cccc3o2)CCN1.Cl. The van der Waals surface area contributed by atoms with E-state index in [1.807, 2.05) is 18.2 Å². The highest BCUT2D eigenvalue weighted by atomic mass is 35.5. The van der Waals surface area contributed by atoms with E-state index in [0.717, 1.165) is 32.5 Å². The van der Waals surface area contributed by atoms with E-state index in [1.165, 1.54) is 19.3 Å². The van der Waals surface area contributed by atoms with Crippen LogP contribution in [0.4, 0.5) is 6.01 Å². The third kappa shape index (κ3) is 4.03. The number of halogens is 1. The molecule has 1 amide bonds. The monoisotopic (exact) mass is 433 g/mol. The van der Waals surface area contributed by atoms with Gasteiger partial charge in [0.15, 0.2) is 5.58 Å². The van der Waals surface area contributed by atoms with Gasteiger partial charge < -0.3 is 24.9 Å². The molecule has 2 bridgehead atoms. The summed E-state index contributed by atoms with van der Waals surface area (Å²) < 4.78 is 6.01. The molecule has 0 saturated carbocycles. The zero-order chi connectivity index (χ0) is 20.0. The summed E-state index contributed by atoms with van der Waals surface area (Å²) in [6.45, 7) is 4.78. The predicted molar refractivity (Wildman–Crippen MR) is 121 cm³/mol. The summed E-state index contributed by atoms with van der Waals surface area (Å²) in [5.41, 5.74) is 1.96. The number of anilines is 1. The van der Waals surface area contributed by atoms with Crippen molar-refractivity contribution in [1.82, 2.24) is 20.5 Å². The van der Waals surface area contributed by atoms with Crippen molar-refractivity contribution in [2.45, 2.75) is 63.2 Å². The first-order valence-electron chi connectivity index (χ1n) is 11.0. The molecule has 3 saturated heterocycles. The van der Waals surface area contributed by atoms with E-state index in [-0.39, 0.29) is 24.4 Å². The number of piperazine rings is 1. The summed E-state index contributed by atoms with van der Waals surface area (Å²) in [5, 5.41) is 6.73. The van der Waals surface area contributed by atoms with Crippen LogP contribution in [-0.4, -0.2) is 66.6 Å². The van der Waals surface area contributed by atoms with Crippen molar-refractivity contribution in [1.29, 1.82) is 0 Å². The lowest BCUT2D eigenvalue weighted by Crippen LogP contribution is -2.55. The molecule has 1 aromatic carbocycles. The molecule has 5 rings (SSSR count). The van der Waals surface area contributed by atoms with Gasteiger partial charge >= 0.3 is 0 Å². The zero-order valence-corrected chi connectivity index (χ0v) is 18.6. The molecule has 164 valence electrons. The van der Waals surface area contributed by atoms with E-state index >= 15 is 0 Å². The third-order valence-electron chi connectivity index (χ3n) is 6.97. The van der Waals surface area contributed by atoms with Crippen molar-refractivity contribution in [2.24, 2.45) is 0 Å². The van der Waals surface area contributed by atoms with Crippen LogP contribution >= 0.6 is 12.4 Å². The molecule has 7 nitrogen and oxygen atoms in total. The second kappa shape index (κ2) is 8.73. The highest BCUT2D eigenvalue weighted by Gasteiger charge is 2.36. The number of nitrogens with one attached hydrogen (secondary N) is 2. The number of hydrogen-bond acceptors (Lipinski definition) is 6. The third-order valence-corrected chi connectivity index (χ3v) is 6.97. The van der Waals surface area contributed by atoms with Gasteiger partial charge in [-0.15, -0.1) is 12.4 Å². The number of fused-ring (bicyclic) bond motifs is 3. The maximum absolute atomic E-state index is 13.1. The number of benzene rings is 1. The topological polar surface area (TPSA) is 73.6 Å². The number of piperidine rings is 2. The van der Waals surface area contributed by atoms with Gasteiger partial charge in [0, 0.05) is 43.8 Å². The Hall–Kier alpha value is -1.83. The van der Waals surface area contributed by atoms with Crippen molar-refractivity contribution in [3.8, 4) is 0 Å². The van der Waals surface area contributed by atoms with Crippen molar-refractivity contribution in [3.63, 3.8) is 0 Å². The van der Waals surface area contributed by atoms with E-state index in [4.69, 9.17) is 9.40 Å². The molecule has 3 aliphatic heterocycles. The van der Waals surface area contributed by atoms with Crippen LogP contribution in [0, 0.1) is 0 Å². The van der Waals surface area contributed by atoms with Gasteiger partial charge in [-0.3, -0.25) is 4.79 Å². The molecule has 2 aromatic rings. The highest BCUT2D eigenvalue weighted by Crippen LogP contribution is 2.33. The molecule has 0 radical (unpaired) electrons. The number of amides is 1. The Morgan fingerprint density at radius 2 is 2.03 bits per heavy atom. The second-order valence-corrected chi connectivity index (χ2v) is 9.00. The van der Waals surface area contributed by atoms with Crippen LogP contribution in [0.15, 0.2) is 22.6 Å². The van der Waals surface area contributed by atoms with E-state index in [0.29, 0.717) is 40.8 Å². The van der Waals surface area contributed by atoms with Gasteiger partial charge in [-0.1, -0.05) is 12.5 Å². The lowest BCUT2D eigenvalue weighted by Gasteiger charge is -2.47. The molecule has 30 heavy (non-hydrogen) atoms. The summed E-state index contributed by atoms with van der Waals surface area (Å²) in [6, 6.07) is 8.08. The number of nitrogens with zero attached hydrogens (tertiary/aromatic N) is 3. The number of para-hydroxylation sites is 1. The van der Waals surface area contributed by atoms with Gasteiger partial charge in [-0.25, -0.2) is 0 Å². The van der Waals surface area contributed by atoms with Gasteiger partial charge in [0.25, 0.3) is 11.9 Å². The van der Waals surface area contributed by atoms with Crippen LogP contribution < -0.4 is 15.5 Å². The molecule has 3 atom stereocenters. The van der Waals surface area contributed by atoms with Crippen molar-refractivity contribution >= 4 is 35.4 Å². The maximum Gasteiger partial charge on any atom is 0.298 e. The Labute approximate surface area is 184 Å². The fourth-order valence-electron chi connectivity index (χ4n) is 5.36. The van der Waals surface area contributed by atoms with Gasteiger partial charge in [-0.05, 0) is 51.8 Å². The number of rotatable bonds is 3. The van der Waals surface area contributed by atoms with Gasteiger partial charge in [0.1, 0.15) is 5.52 Å². The molecule has 4 heterocycles.